The van der Waals surface area contributed by atoms with E-state index in [1.807, 2.05) is 66.7 Å². The first kappa shape index (κ1) is 27.9. The first-order chi connectivity index (χ1) is 25.3. The molecular formula is C45H26N4O2. The van der Waals surface area contributed by atoms with E-state index in [0.717, 1.165) is 87.9 Å². The van der Waals surface area contributed by atoms with Crippen LogP contribution >= 0.6 is 0 Å². The van der Waals surface area contributed by atoms with E-state index < -0.39 is 0 Å². The molecule has 7 aromatic carbocycles. The lowest BCUT2D eigenvalue weighted by molar-refractivity contribution is 0.669. The van der Waals surface area contributed by atoms with Gasteiger partial charge in [0.2, 0.25) is 0 Å². The van der Waals surface area contributed by atoms with Crippen molar-refractivity contribution in [1.82, 2.24) is 19.5 Å². The normalized spacial score (nSPS) is 11.9. The average Bonchev–Trinajstić information content (AvgIpc) is 3.90. The number of para-hydroxylation sites is 5. The van der Waals surface area contributed by atoms with Gasteiger partial charge in [-0.05, 0) is 53.2 Å². The predicted octanol–water partition coefficient (Wildman–Crippen LogP) is 11.8. The minimum Gasteiger partial charge on any atom is -0.455 e. The van der Waals surface area contributed by atoms with E-state index in [1.54, 1.807) is 0 Å². The van der Waals surface area contributed by atoms with Crippen molar-refractivity contribution in [3.05, 3.63) is 158 Å². The van der Waals surface area contributed by atoms with Crippen molar-refractivity contribution in [2.45, 2.75) is 0 Å². The number of nitrogens with zero attached hydrogens (tertiary/aromatic N) is 4. The van der Waals surface area contributed by atoms with Gasteiger partial charge in [0.15, 0.2) is 17.5 Å². The van der Waals surface area contributed by atoms with E-state index in [1.165, 1.54) is 0 Å². The third kappa shape index (κ3) is 4.20. The Kier molecular flexibility index (Phi) is 5.86. The number of furan rings is 2. The van der Waals surface area contributed by atoms with Gasteiger partial charge in [0, 0.05) is 44.4 Å². The quantitative estimate of drug-likeness (QED) is 0.189. The summed E-state index contributed by atoms with van der Waals surface area (Å²) in [5.41, 5.74) is 7.72. The van der Waals surface area contributed by atoms with E-state index in [9.17, 15) is 0 Å². The van der Waals surface area contributed by atoms with Crippen LogP contribution in [0.5, 0.6) is 0 Å². The average molecular weight is 655 g/mol. The molecule has 51 heavy (non-hydrogen) atoms. The Balaban J connectivity index is 1.25. The van der Waals surface area contributed by atoms with E-state index >= 15 is 0 Å². The highest BCUT2D eigenvalue weighted by molar-refractivity contribution is 6.14. The summed E-state index contributed by atoms with van der Waals surface area (Å²) in [6.45, 7) is 0. The number of fused-ring (bicyclic) bond motifs is 9. The van der Waals surface area contributed by atoms with Crippen molar-refractivity contribution in [2.24, 2.45) is 0 Å². The van der Waals surface area contributed by atoms with Crippen LogP contribution in [0.25, 0.3) is 105 Å². The molecule has 0 bridgehead atoms. The fourth-order valence-corrected chi connectivity index (χ4v) is 7.56. The van der Waals surface area contributed by atoms with E-state index in [2.05, 4.69) is 95.7 Å². The van der Waals surface area contributed by atoms with Gasteiger partial charge in [0.05, 0.1) is 16.6 Å². The van der Waals surface area contributed by atoms with E-state index in [4.69, 9.17) is 23.8 Å². The molecule has 4 heterocycles. The fourth-order valence-electron chi connectivity index (χ4n) is 7.56. The number of benzene rings is 7. The second kappa shape index (κ2) is 10.7. The Morgan fingerprint density at radius 1 is 0.392 bits per heavy atom. The van der Waals surface area contributed by atoms with Gasteiger partial charge in [-0.2, -0.15) is 0 Å². The van der Waals surface area contributed by atoms with Gasteiger partial charge in [-0.3, -0.25) is 0 Å². The molecule has 0 N–H and O–H groups in total. The maximum atomic E-state index is 6.51. The predicted molar refractivity (Wildman–Crippen MR) is 205 cm³/mol. The van der Waals surface area contributed by atoms with Gasteiger partial charge in [-0.15, -0.1) is 0 Å². The highest BCUT2D eigenvalue weighted by Crippen LogP contribution is 2.41. The molecule has 0 amide bonds. The molecule has 11 aromatic rings. The Bertz CT molecular complexity index is 3020. The van der Waals surface area contributed by atoms with Crippen molar-refractivity contribution in [2.75, 3.05) is 0 Å². The largest absolute Gasteiger partial charge is 0.455 e. The molecule has 238 valence electrons. The van der Waals surface area contributed by atoms with Crippen molar-refractivity contribution in [1.29, 1.82) is 0 Å². The topological polar surface area (TPSA) is 69.9 Å². The molecule has 0 spiro atoms. The summed E-state index contributed by atoms with van der Waals surface area (Å²) in [6, 6.07) is 51.7. The number of rotatable bonds is 4. The highest BCUT2D eigenvalue weighted by atomic mass is 16.3. The van der Waals surface area contributed by atoms with Crippen molar-refractivity contribution in [3.63, 3.8) is 0 Å². The van der Waals surface area contributed by atoms with Crippen LogP contribution < -0.4 is 0 Å². The van der Waals surface area contributed by atoms with E-state index in [0.29, 0.717) is 17.5 Å². The van der Waals surface area contributed by atoms with Crippen LogP contribution in [0.2, 0.25) is 0 Å². The smallest absolute Gasteiger partial charge is 0.167 e. The second-order valence-corrected chi connectivity index (χ2v) is 12.8. The van der Waals surface area contributed by atoms with E-state index in [-0.39, 0.29) is 0 Å². The molecule has 0 aliphatic carbocycles. The van der Waals surface area contributed by atoms with Crippen LogP contribution in [-0.4, -0.2) is 19.5 Å². The SMILES string of the molecule is c1ccc(-n2cc(-c3nc(-c4cccc5c4oc4ccccc45)nc(-c4cccc5c4oc4ccccc45)n3)c3c4ccccc4ccc32)cc1. The van der Waals surface area contributed by atoms with Gasteiger partial charge >= 0.3 is 0 Å². The van der Waals surface area contributed by atoms with Crippen LogP contribution in [0.1, 0.15) is 0 Å². The van der Waals surface area contributed by atoms with Crippen molar-refractivity contribution < 1.29 is 8.83 Å². The lowest BCUT2D eigenvalue weighted by atomic mass is 10.0. The molecule has 11 rings (SSSR count). The van der Waals surface area contributed by atoms with Gasteiger partial charge in [0.25, 0.3) is 0 Å². The number of hydrogen-bond donors (Lipinski definition) is 0. The fraction of sp³-hybridized carbons (Fsp3) is 0. The molecule has 6 nitrogen and oxygen atoms in total. The summed E-state index contributed by atoms with van der Waals surface area (Å²) in [5.74, 6) is 1.61. The van der Waals surface area contributed by atoms with Crippen LogP contribution in [0, 0.1) is 0 Å². The summed E-state index contributed by atoms with van der Waals surface area (Å²) >= 11 is 0. The first-order valence-electron chi connectivity index (χ1n) is 16.9. The Morgan fingerprint density at radius 2 is 0.902 bits per heavy atom. The number of hydrogen-bond acceptors (Lipinski definition) is 5. The molecule has 0 unspecified atom stereocenters. The lowest BCUT2D eigenvalue weighted by Gasteiger charge is -2.09. The minimum atomic E-state index is 0.522. The monoisotopic (exact) mass is 654 g/mol. The Labute approximate surface area is 290 Å². The molecule has 0 saturated carbocycles. The van der Waals surface area contributed by atoms with Gasteiger partial charge in [-0.1, -0.05) is 109 Å². The van der Waals surface area contributed by atoms with Crippen LogP contribution in [0.3, 0.4) is 0 Å². The summed E-state index contributed by atoms with van der Waals surface area (Å²) in [4.78, 5) is 15.8. The molecule has 0 atom stereocenters. The van der Waals surface area contributed by atoms with Gasteiger partial charge in [-0.25, -0.2) is 15.0 Å². The zero-order chi connectivity index (χ0) is 33.5. The molecule has 0 radical (unpaired) electrons. The maximum absolute atomic E-state index is 6.51. The second-order valence-electron chi connectivity index (χ2n) is 12.8. The third-order valence-corrected chi connectivity index (χ3v) is 9.90. The van der Waals surface area contributed by atoms with Crippen molar-refractivity contribution >= 4 is 65.6 Å². The third-order valence-electron chi connectivity index (χ3n) is 9.90. The molecular weight excluding hydrogens is 629 g/mol. The minimum absolute atomic E-state index is 0.522. The number of aromatic nitrogens is 4. The molecule has 4 aromatic heterocycles. The highest BCUT2D eigenvalue weighted by Gasteiger charge is 2.23. The maximum Gasteiger partial charge on any atom is 0.167 e. The van der Waals surface area contributed by atoms with Crippen LogP contribution in [-0.2, 0) is 0 Å². The standard InChI is InChI=1S/C45H26N4O2/c1-2-13-28(14-3-1)49-26-36(40-29-15-5-4-12-27(29)24-25-37(40)49)45-47-43(34-20-10-18-32-30-16-6-8-22-38(30)50-41(32)34)46-44(48-45)35-21-11-19-33-31-17-7-9-23-39(31)51-42(33)35/h1-26H. The molecule has 0 fully saturated rings. The summed E-state index contributed by atoms with van der Waals surface area (Å²) < 4.78 is 15.2. The van der Waals surface area contributed by atoms with Crippen molar-refractivity contribution in [3.8, 4) is 39.9 Å². The molecule has 0 saturated heterocycles. The zero-order valence-electron chi connectivity index (χ0n) is 27.1. The molecule has 6 heteroatoms. The Morgan fingerprint density at radius 3 is 1.53 bits per heavy atom. The first-order valence-corrected chi connectivity index (χ1v) is 16.9. The summed E-state index contributed by atoms with van der Waals surface area (Å²) in [7, 11) is 0. The van der Waals surface area contributed by atoms with Gasteiger partial charge < -0.3 is 13.4 Å². The molecule has 0 aliphatic rings. The Hall–Kier alpha value is -7.05. The van der Waals surface area contributed by atoms with Gasteiger partial charge in [0.1, 0.15) is 22.3 Å². The summed E-state index contributed by atoms with van der Waals surface area (Å²) in [5, 5.41) is 7.47. The van der Waals surface area contributed by atoms with Crippen LogP contribution in [0.4, 0.5) is 0 Å². The lowest BCUT2D eigenvalue weighted by Crippen LogP contribution is -2.00. The molecule has 0 aliphatic heterocycles. The van der Waals surface area contributed by atoms with Crippen LogP contribution in [0.15, 0.2) is 167 Å². The summed E-state index contributed by atoms with van der Waals surface area (Å²) in [6.07, 6.45) is 2.15. The zero-order valence-corrected chi connectivity index (χ0v) is 27.1.